The van der Waals surface area contributed by atoms with Crippen LogP contribution in [0.3, 0.4) is 0 Å². The molecule has 1 nitrogen and oxygen atoms in total. The summed E-state index contributed by atoms with van der Waals surface area (Å²) in [5.74, 6) is 3.87. The van der Waals surface area contributed by atoms with E-state index in [0.717, 1.165) is 11.5 Å². The van der Waals surface area contributed by atoms with Crippen LogP contribution < -0.4 is 0 Å². The third kappa shape index (κ3) is 2.80. The van der Waals surface area contributed by atoms with Gasteiger partial charge in [-0.15, -0.1) is 0 Å². The first-order valence-electron chi connectivity index (χ1n) is 6.83. The number of nitrogens with zero attached hydrogens (tertiary/aromatic N) is 1. The maximum atomic E-state index is 4.64. The fraction of sp³-hybridized carbons (Fsp3) is 0.562. The van der Waals surface area contributed by atoms with Gasteiger partial charge in [0.15, 0.2) is 0 Å². The van der Waals surface area contributed by atoms with E-state index in [1.807, 2.05) is 18.0 Å². The molecule has 0 saturated carbocycles. The van der Waals surface area contributed by atoms with Crippen LogP contribution in [0.2, 0.25) is 0 Å². The molecular formula is C16H23NS. The molecule has 0 amide bonds. The summed E-state index contributed by atoms with van der Waals surface area (Å²) in [5.41, 5.74) is 4.27. The lowest BCUT2D eigenvalue weighted by Gasteiger charge is -2.26. The zero-order valence-electron chi connectivity index (χ0n) is 11.8. The van der Waals surface area contributed by atoms with Gasteiger partial charge in [-0.1, -0.05) is 39.8 Å². The number of pyridine rings is 1. The first-order chi connectivity index (χ1) is 8.61. The Morgan fingerprint density at radius 1 is 1.28 bits per heavy atom. The molecule has 0 fully saturated rings. The number of allylic oxidation sites excluding steroid dienone is 1. The molecule has 18 heavy (non-hydrogen) atoms. The second-order valence-corrected chi connectivity index (χ2v) is 6.66. The molecule has 1 aliphatic rings. The highest BCUT2D eigenvalue weighted by molar-refractivity contribution is 7.98. The van der Waals surface area contributed by atoms with Crippen molar-refractivity contribution in [3.8, 4) is 0 Å². The third-order valence-corrected chi connectivity index (χ3v) is 4.48. The molecule has 1 unspecified atom stereocenters. The molecule has 0 bridgehead atoms. The maximum absolute atomic E-state index is 4.64. The van der Waals surface area contributed by atoms with Gasteiger partial charge in [0.25, 0.3) is 0 Å². The van der Waals surface area contributed by atoms with Gasteiger partial charge in [-0.25, -0.2) is 0 Å². The predicted molar refractivity (Wildman–Crippen MR) is 81.2 cm³/mol. The van der Waals surface area contributed by atoms with Crippen molar-refractivity contribution in [2.45, 2.75) is 45.3 Å². The van der Waals surface area contributed by atoms with Gasteiger partial charge in [-0.05, 0) is 29.0 Å². The summed E-state index contributed by atoms with van der Waals surface area (Å²) in [7, 11) is 0. The van der Waals surface area contributed by atoms with Gasteiger partial charge in [0.05, 0.1) is 5.69 Å². The number of hydrogen-bond acceptors (Lipinski definition) is 2. The fourth-order valence-corrected chi connectivity index (χ4v) is 3.40. The summed E-state index contributed by atoms with van der Waals surface area (Å²) in [6.45, 7) is 9.18. The van der Waals surface area contributed by atoms with Gasteiger partial charge in [0, 0.05) is 23.6 Å². The second-order valence-electron chi connectivity index (χ2n) is 5.63. The number of thioether (sulfide) groups is 1. The van der Waals surface area contributed by atoms with Crippen LogP contribution in [-0.4, -0.2) is 10.7 Å². The number of fused-ring (bicyclic) bond motifs is 1. The summed E-state index contributed by atoms with van der Waals surface area (Å²) in [6, 6.07) is 2.21. The zero-order valence-corrected chi connectivity index (χ0v) is 12.6. The Hall–Kier alpha value is -0.760. The van der Waals surface area contributed by atoms with E-state index in [1.165, 1.54) is 16.8 Å². The van der Waals surface area contributed by atoms with Crippen molar-refractivity contribution in [1.29, 1.82) is 0 Å². The smallest absolute Gasteiger partial charge is 0.0543 e. The first-order valence-corrected chi connectivity index (χ1v) is 7.98. The van der Waals surface area contributed by atoms with Crippen LogP contribution in [0, 0.1) is 5.92 Å². The van der Waals surface area contributed by atoms with Gasteiger partial charge in [-0.2, -0.15) is 11.8 Å². The minimum Gasteiger partial charge on any atom is -0.260 e. The molecule has 0 aliphatic carbocycles. The predicted octanol–water partition coefficient (Wildman–Crippen LogP) is 4.75. The molecular weight excluding hydrogens is 238 g/mol. The normalized spacial score (nSPS) is 21.6. The van der Waals surface area contributed by atoms with Crippen LogP contribution in [0.15, 0.2) is 24.4 Å². The standard InChI is InChI=1S/C16H23NS/c1-11(2)13-6-5-9-18-10-15-16(13)14(12(3)4)7-8-17-15/h5-8,11-13H,9-10H2,1-4H3/b6-5-. The van der Waals surface area contributed by atoms with Crippen molar-refractivity contribution in [3.05, 3.63) is 41.2 Å². The Morgan fingerprint density at radius 3 is 2.72 bits per heavy atom. The van der Waals surface area contributed by atoms with Gasteiger partial charge in [0.2, 0.25) is 0 Å². The van der Waals surface area contributed by atoms with Crippen molar-refractivity contribution in [3.63, 3.8) is 0 Å². The summed E-state index contributed by atoms with van der Waals surface area (Å²) in [6.07, 6.45) is 6.70. The Kier molecular flexibility index (Phi) is 4.50. The second kappa shape index (κ2) is 5.92. The minimum absolute atomic E-state index is 0.520. The average molecular weight is 261 g/mol. The number of hydrogen-bond donors (Lipinski definition) is 0. The number of aromatic nitrogens is 1. The molecule has 1 aromatic rings. The van der Waals surface area contributed by atoms with Crippen molar-refractivity contribution >= 4 is 11.8 Å². The summed E-state index contributed by atoms with van der Waals surface area (Å²) >= 11 is 1.96. The molecule has 1 aliphatic heterocycles. The topological polar surface area (TPSA) is 12.9 Å². The average Bonchev–Trinajstić information content (AvgIpc) is 2.28. The van der Waals surface area contributed by atoms with Crippen LogP contribution in [-0.2, 0) is 5.75 Å². The van der Waals surface area contributed by atoms with Gasteiger partial charge < -0.3 is 0 Å². The fourth-order valence-electron chi connectivity index (χ4n) is 2.61. The van der Waals surface area contributed by atoms with Gasteiger partial charge in [0.1, 0.15) is 0 Å². The molecule has 0 N–H and O–H groups in total. The molecule has 1 atom stereocenters. The van der Waals surface area contributed by atoms with Crippen molar-refractivity contribution < 1.29 is 0 Å². The van der Waals surface area contributed by atoms with E-state index in [4.69, 9.17) is 0 Å². The van der Waals surface area contributed by atoms with Crippen LogP contribution in [0.1, 0.15) is 56.4 Å². The van der Waals surface area contributed by atoms with E-state index in [9.17, 15) is 0 Å². The van der Waals surface area contributed by atoms with Crippen LogP contribution in [0.5, 0.6) is 0 Å². The van der Waals surface area contributed by atoms with Crippen molar-refractivity contribution in [1.82, 2.24) is 4.98 Å². The summed E-state index contributed by atoms with van der Waals surface area (Å²) in [5, 5.41) is 0. The van der Waals surface area contributed by atoms with Crippen molar-refractivity contribution in [2.75, 3.05) is 5.75 Å². The number of rotatable bonds is 2. The van der Waals surface area contributed by atoms with Crippen LogP contribution in [0.25, 0.3) is 0 Å². The summed E-state index contributed by atoms with van der Waals surface area (Å²) < 4.78 is 0. The van der Waals surface area contributed by atoms with E-state index in [0.29, 0.717) is 17.8 Å². The minimum atomic E-state index is 0.520. The highest BCUT2D eigenvalue weighted by atomic mass is 32.2. The largest absolute Gasteiger partial charge is 0.260 e. The molecule has 2 heteroatoms. The van der Waals surface area contributed by atoms with E-state index in [1.54, 1.807) is 0 Å². The molecule has 0 aromatic carbocycles. The molecule has 1 aromatic heterocycles. The Morgan fingerprint density at radius 2 is 2.06 bits per heavy atom. The molecule has 0 saturated heterocycles. The molecule has 2 rings (SSSR count). The monoisotopic (exact) mass is 261 g/mol. The lowest BCUT2D eigenvalue weighted by Crippen LogP contribution is -2.13. The third-order valence-electron chi connectivity index (χ3n) is 3.58. The lowest BCUT2D eigenvalue weighted by molar-refractivity contribution is 0.565. The Labute approximate surface area is 115 Å². The zero-order chi connectivity index (χ0) is 13.1. The SMILES string of the molecule is CC(C)c1ccnc2c1C(C(C)C)/C=C\CSC2. The quantitative estimate of drug-likeness (QED) is 0.713. The van der Waals surface area contributed by atoms with Gasteiger partial charge in [-0.3, -0.25) is 4.98 Å². The molecule has 98 valence electrons. The molecule has 0 spiro atoms. The highest BCUT2D eigenvalue weighted by Crippen LogP contribution is 2.36. The Balaban J connectivity index is 2.57. The van der Waals surface area contributed by atoms with Crippen LogP contribution in [0.4, 0.5) is 0 Å². The van der Waals surface area contributed by atoms with Crippen LogP contribution >= 0.6 is 11.8 Å². The van der Waals surface area contributed by atoms with Gasteiger partial charge >= 0.3 is 0 Å². The maximum Gasteiger partial charge on any atom is 0.0543 e. The first kappa shape index (κ1) is 13.7. The molecule has 2 heterocycles. The van der Waals surface area contributed by atoms with E-state index >= 15 is 0 Å². The lowest BCUT2D eigenvalue weighted by atomic mass is 9.82. The Bertz CT molecular complexity index is 435. The summed E-state index contributed by atoms with van der Waals surface area (Å²) in [4.78, 5) is 4.64. The molecule has 0 radical (unpaired) electrons. The van der Waals surface area contributed by atoms with Crippen molar-refractivity contribution in [2.24, 2.45) is 5.92 Å². The van der Waals surface area contributed by atoms with E-state index < -0.39 is 0 Å². The highest BCUT2D eigenvalue weighted by Gasteiger charge is 2.22. The van der Waals surface area contributed by atoms with E-state index in [2.05, 4.69) is 50.9 Å². The van der Waals surface area contributed by atoms with E-state index in [-0.39, 0.29) is 0 Å².